The monoisotopic (exact) mass is 424 g/mol. The minimum Gasteiger partial charge on any atom is -0.483 e. The Kier molecular flexibility index (Phi) is 7.21. The third-order valence-corrected chi connectivity index (χ3v) is 5.37. The molecule has 6 nitrogen and oxygen atoms in total. The maximum Gasteiger partial charge on any atom is 0.415 e. The van der Waals surface area contributed by atoms with E-state index in [4.69, 9.17) is 9.47 Å². The normalized spacial score (nSPS) is 14.8. The second kappa shape index (κ2) is 9.86. The summed E-state index contributed by atoms with van der Waals surface area (Å²) < 4.78 is 11.2. The molecule has 0 radical (unpaired) electrons. The number of amides is 2. The number of likely N-dealkylation sites (tertiary alicyclic amines) is 1. The van der Waals surface area contributed by atoms with Crippen LogP contribution in [0.1, 0.15) is 44.7 Å². The highest BCUT2D eigenvalue weighted by Gasteiger charge is 2.25. The van der Waals surface area contributed by atoms with E-state index in [1.165, 1.54) is 5.56 Å². The summed E-state index contributed by atoms with van der Waals surface area (Å²) in [7, 11) is 0. The standard InChI is InChI=1S/C25H32N2O4/c1-18-10-11-22(21(16-18)25(2,3)4)30-17-23(28)26-19-12-14-27(15-13-19)24(29)31-20-8-6-5-7-9-20/h5-11,16,19H,12-15,17H2,1-4H3,(H,26,28). The van der Waals surface area contributed by atoms with E-state index >= 15 is 0 Å². The van der Waals surface area contributed by atoms with Gasteiger partial charge in [-0.1, -0.05) is 56.7 Å². The lowest BCUT2D eigenvalue weighted by Crippen LogP contribution is -2.48. The van der Waals surface area contributed by atoms with Gasteiger partial charge in [0.2, 0.25) is 0 Å². The van der Waals surface area contributed by atoms with Gasteiger partial charge in [-0.05, 0) is 48.9 Å². The molecule has 1 N–H and O–H groups in total. The summed E-state index contributed by atoms with van der Waals surface area (Å²) in [6.07, 6.45) is 1.02. The van der Waals surface area contributed by atoms with Gasteiger partial charge in [0, 0.05) is 19.1 Å². The molecule has 3 rings (SSSR count). The maximum absolute atomic E-state index is 12.4. The predicted molar refractivity (Wildman–Crippen MR) is 121 cm³/mol. The van der Waals surface area contributed by atoms with E-state index in [0.29, 0.717) is 31.7 Å². The van der Waals surface area contributed by atoms with E-state index < -0.39 is 0 Å². The van der Waals surface area contributed by atoms with E-state index in [1.807, 2.05) is 37.3 Å². The van der Waals surface area contributed by atoms with Crippen molar-refractivity contribution >= 4 is 12.0 Å². The van der Waals surface area contributed by atoms with E-state index in [2.05, 4.69) is 32.2 Å². The summed E-state index contributed by atoms with van der Waals surface area (Å²) >= 11 is 0. The fourth-order valence-corrected chi connectivity index (χ4v) is 3.63. The van der Waals surface area contributed by atoms with Gasteiger partial charge in [0.05, 0.1) is 0 Å². The van der Waals surface area contributed by atoms with Gasteiger partial charge in [-0.15, -0.1) is 0 Å². The number of piperidine rings is 1. The highest BCUT2D eigenvalue weighted by Crippen LogP contribution is 2.32. The first-order valence-corrected chi connectivity index (χ1v) is 10.8. The van der Waals surface area contributed by atoms with Gasteiger partial charge in [0.25, 0.3) is 5.91 Å². The van der Waals surface area contributed by atoms with Gasteiger partial charge in [0.1, 0.15) is 11.5 Å². The molecule has 1 fully saturated rings. The first kappa shape index (κ1) is 22.7. The Balaban J connectivity index is 1.45. The minimum atomic E-state index is -0.353. The molecule has 1 aliphatic rings. The number of para-hydroxylation sites is 1. The van der Waals surface area contributed by atoms with Crippen LogP contribution in [0.2, 0.25) is 0 Å². The molecule has 2 aromatic carbocycles. The Bertz CT molecular complexity index is 897. The smallest absolute Gasteiger partial charge is 0.415 e. The van der Waals surface area contributed by atoms with Gasteiger partial charge in [-0.25, -0.2) is 4.79 Å². The molecule has 0 saturated carbocycles. The maximum atomic E-state index is 12.4. The molecule has 2 amide bonds. The zero-order chi connectivity index (χ0) is 22.4. The lowest BCUT2D eigenvalue weighted by molar-refractivity contribution is -0.124. The summed E-state index contributed by atoms with van der Waals surface area (Å²) in [5.41, 5.74) is 2.18. The number of ether oxygens (including phenoxy) is 2. The lowest BCUT2D eigenvalue weighted by atomic mass is 9.85. The number of benzene rings is 2. The molecular formula is C25H32N2O4. The highest BCUT2D eigenvalue weighted by atomic mass is 16.6. The number of hydrogen-bond donors (Lipinski definition) is 1. The molecule has 0 atom stereocenters. The van der Waals surface area contributed by atoms with Crippen molar-refractivity contribution < 1.29 is 19.1 Å². The van der Waals surface area contributed by atoms with Gasteiger partial charge in [-0.2, -0.15) is 0 Å². The second-order valence-corrected chi connectivity index (χ2v) is 9.05. The zero-order valence-electron chi connectivity index (χ0n) is 18.8. The van der Waals surface area contributed by atoms with Crippen LogP contribution in [0.4, 0.5) is 4.79 Å². The van der Waals surface area contributed by atoms with Gasteiger partial charge >= 0.3 is 6.09 Å². The van der Waals surface area contributed by atoms with E-state index in [1.54, 1.807) is 17.0 Å². The van der Waals surface area contributed by atoms with Crippen LogP contribution in [0.25, 0.3) is 0 Å². The quantitative estimate of drug-likeness (QED) is 0.770. The number of nitrogens with zero attached hydrogens (tertiary/aromatic N) is 1. The summed E-state index contributed by atoms with van der Waals surface area (Å²) in [5.74, 6) is 1.13. The minimum absolute atomic E-state index is 0.0250. The first-order chi connectivity index (χ1) is 14.7. The average Bonchev–Trinajstić information content (AvgIpc) is 2.73. The molecule has 0 aromatic heterocycles. The zero-order valence-corrected chi connectivity index (χ0v) is 18.8. The number of carbonyl (C=O) groups is 2. The summed E-state index contributed by atoms with van der Waals surface area (Å²) in [5, 5.41) is 3.03. The molecule has 0 spiro atoms. The second-order valence-electron chi connectivity index (χ2n) is 9.05. The Morgan fingerprint density at radius 1 is 1.06 bits per heavy atom. The molecule has 1 aliphatic heterocycles. The molecule has 1 heterocycles. The van der Waals surface area contributed by atoms with Crippen molar-refractivity contribution in [2.75, 3.05) is 19.7 Å². The molecule has 2 aromatic rings. The van der Waals surface area contributed by atoms with Crippen LogP contribution in [0, 0.1) is 6.92 Å². The van der Waals surface area contributed by atoms with Crippen molar-refractivity contribution in [3.63, 3.8) is 0 Å². The Hall–Kier alpha value is -3.02. The number of aryl methyl sites for hydroxylation is 1. The lowest BCUT2D eigenvalue weighted by Gasteiger charge is -2.31. The van der Waals surface area contributed by atoms with Crippen molar-refractivity contribution in [2.45, 2.75) is 52.0 Å². The summed E-state index contributed by atoms with van der Waals surface area (Å²) in [6.45, 7) is 9.51. The highest BCUT2D eigenvalue weighted by molar-refractivity contribution is 5.78. The van der Waals surface area contributed by atoms with Crippen molar-refractivity contribution in [1.82, 2.24) is 10.2 Å². The van der Waals surface area contributed by atoms with Crippen LogP contribution in [0.3, 0.4) is 0 Å². The third kappa shape index (κ3) is 6.48. The molecular weight excluding hydrogens is 392 g/mol. The molecule has 0 bridgehead atoms. The largest absolute Gasteiger partial charge is 0.483 e. The van der Waals surface area contributed by atoms with E-state index in [0.717, 1.165) is 11.3 Å². The number of nitrogens with one attached hydrogen (secondary N) is 1. The Morgan fingerprint density at radius 3 is 2.39 bits per heavy atom. The van der Waals surface area contributed by atoms with Crippen LogP contribution in [-0.2, 0) is 10.2 Å². The first-order valence-electron chi connectivity index (χ1n) is 10.8. The van der Waals surface area contributed by atoms with Gasteiger partial charge in [-0.3, -0.25) is 4.79 Å². The van der Waals surface area contributed by atoms with Crippen LogP contribution in [0.5, 0.6) is 11.5 Å². The van der Waals surface area contributed by atoms with Crippen molar-refractivity contribution in [2.24, 2.45) is 0 Å². The van der Waals surface area contributed by atoms with Crippen LogP contribution in [0.15, 0.2) is 48.5 Å². The van der Waals surface area contributed by atoms with E-state index in [-0.39, 0.29) is 30.1 Å². The predicted octanol–water partition coefficient (Wildman–Crippen LogP) is 4.45. The van der Waals surface area contributed by atoms with Crippen molar-refractivity contribution in [3.05, 3.63) is 59.7 Å². The summed E-state index contributed by atoms with van der Waals surface area (Å²) in [6, 6.07) is 15.1. The van der Waals surface area contributed by atoms with Crippen molar-refractivity contribution in [3.8, 4) is 11.5 Å². The third-order valence-electron chi connectivity index (χ3n) is 5.37. The molecule has 1 saturated heterocycles. The van der Waals surface area contributed by atoms with Crippen LogP contribution < -0.4 is 14.8 Å². The topological polar surface area (TPSA) is 67.9 Å². The van der Waals surface area contributed by atoms with Crippen molar-refractivity contribution in [1.29, 1.82) is 0 Å². The number of hydrogen-bond acceptors (Lipinski definition) is 4. The fraction of sp³-hybridized carbons (Fsp3) is 0.440. The Morgan fingerprint density at radius 2 is 1.74 bits per heavy atom. The number of carbonyl (C=O) groups excluding carboxylic acids is 2. The fourth-order valence-electron chi connectivity index (χ4n) is 3.63. The SMILES string of the molecule is Cc1ccc(OCC(=O)NC2CCN(C(=O)Oc3ccccc3)CC2)c(C(C)(C)C)c1. The molecule has 31 heavy (non-hydrogen) atoms. The molecule has 6 heteroatoms. The van der Waals surface area contributed by atoms with Gasteiger partial charge < -0.3 is 19.7 Å². The van der Waals surface area contributed by atoms with E-state index in [9.17, 15) is 9.59 Å². The van der Waals surface area contributed by atoms with Gasteiger partial charge in [0.15, 0.2) is 6.61 Å². The molecule has 166 valence electrons. The van der Waals surface area contributed by atoms with Crippen LogP contribution in [-0.4, -0.2) is 42.6 Å². The molecule has 0 unspecified atom stereocenters. The van der Waals surface area contributed by atoms with Crippen LogP contribution >= 0.6 is 0 Å². The number of rotatable bonds is 5. The Labute approximate surface area is 184 Å². The average molecular weight is 425 g/mol. The molecule has 0 aliphatic carbocycles. The summed E-state index contributed by atoms with van der Waals surface area (Å²) in [4.78, 5) is 26.4.